The maximum Gasteiger partial charge on any atom is 0.221 e. The molecular formula is C14H15BrN2OS. The summed E-state index contributed by atoms with van der Waals surface area (Å²) in [7, 11) is 0. The molecule has 0 fully saturated rings. The standard InChI is InChI=1S/C14H15BrN2OS/c1-10-4-2-3-5-12(10)14-17-11(9-19-14)8-16-13(18)6-7-15/h2-5,9H,6-8H2,1H3,(H,16,18). The number of aryl methyl sites for hydroxylation is 1. The highest BCUT2D eigenvalue weighted by molar-refractivity contribution is 9.09. The number of nitrogens with one attached hydrogen (secondary N) is 1. The van der Waals surface area contributed by atoms with Crippen LogP contribution >= 0.6 is 27.3 Å². The SMILES string of the molecule is Cc1ccccc1-c1nc(CNC(=O)CCBr)cs1. The maximum absolute atomic E-state index is 11.4. The minimum absolute atomic E-state index is 0.0438. The van der Waals surface area contributed by atoms with Gasteiger partial charge in [-0.2, -0.15) is 0 Å². The fourth-order valence-corrected chi connectivity index (χ4v) is 2.96. The highest BCUT2D eigenvalue weighted by Gasteiger charge is 2.07. The molecule has 0 spiro atoms. The first-order chi connectivity index (χ1) is 9.20. The molecule has 2 rings (SSSR count). The molecule has 0 atom stereocenters. The lowest BCUT2D eigenvalue weighted by atomic mass is 10.1. The van der Waals surface area contributed by atoms with Crippen LogP contribution in [0.3, 0.4) is 0 Å². The molecule has 1 N–H and O–H groups in total. The zero-order chi connectivity index (χ0) is 13.7. The number of alkyl halides is 1. The second-order valence-electron chi connectivity index (χ2n) is 4.17. The van der Waals surface area contributed by atoms with Crippen LogP contribution in [0.25, 0.3) is 10.6 Å². The zero-order valence-electron chi connectivity index (χ0n) is 10.6. The van der Waals surface area contributed by atoms with E-state index in [9.17, 15) is 4.79 Å². The third-order valence-electron chi connectivity index (χ3n) is 2.72. The second kappa shape index (κ2) is 6.82. The highest BCUT2D eigenvalue weighted by atomic mass is 79.9. The van der Waals surface area contributed by atoms with Crippen molar-refractivity contribution in [1.82, 2.24) is 10.3 Å². The van der Waals surface area contributed by atoms with Gasteiger partial charge in [0.15, 0.2) is 0 Å². The molecule has 1 heterocycles. The summed E-state index contributed by atoms with van der Waals surface area (Å²) in [6, 6.07) is 8.19. The molecule has 5 heteroatoms. The van der Waals surface area contributed by atoms with E-state index in [0.29, 0.717) is 18.3 Å². The van der Waals surface area contributed by atoms with Crippen LogP contribution in [-0.4, -0.2) is 16.2 Å². The number of nitrogens with zero attached hydrogens (tertiary/aromatic N) is 1. The van der Waals surface area contributed by atoms with Crippen molar-refractivity contribution in [2.24, 2.45) is 0 Å². The Labute approximate surface area is 125 Å². The first kappa shape index (κ1) is 14.2. The Morgan fingerprint density at radius 3 is 2.95 bits per heavy atom. The van der Waals surface area contributed by atoms with Crippen LogP contribution in [0.4, 0.5) is 0 Å². The van der Waals surface area contributed by atoms with Crippen LogP contribution in [0.1, 0.15) is 17.7 Å². The van der Waals surface area contributed by atoms with Crippen molar-refractivity contribution in [1.29, 1.82) is 0 Å². The van der Waals surface area contributed by atoms with Gasteiger partial charge in [-0.1, -0.05) is 40.2 Å². The molecule has 0 aliphatic heterocycles. The summed E-state index contributed by atoms with van der Waals surface area (Å²) in [5.74, 6) is 0.0438. The van der Waals surface area contributed by atoms with Gasteiger partial charge in [-0.25, -0.2) is 4.98 Å². The number of rotatable bonds is 5. The van der Waals surface area contributed by atoms with Gasteiger partial charge in [0, 0.05) is 22.7 Å². The van der Waals surface area contributed by atoms with E-state index < -0.39 is 0 Å². The van der Waals surface area contributed by atoms with Crippen molar-refractivity contribution in [2.45, 2.75) is 19.9 Å². The van der Waals surface area contributed by atoms with Crippen molar-refractivity contribution in [2.75, 3.05) is 5.33 Å². The predicted molar refractivity (Wildman–Crippen MR) is 82.5 cm³/mol. The molecule has 3 nitrogen and oxygen atoms in total. The Bertz CT molecular complexity index is 568. The molecule has 0 aliphatic carbocycles. The third kappa shape index (κ3) is 3.88. The Kier molecular flexibility index (Phi) is 5.10. The van der Waals surface area contributed by atoms with Gasteiger partial charge < -0.3 is 5.32 Å². The molecule has 0 radical (unpaired) electrons. The number of carbonyl (C=O) groups excluding carboxylic acids is 1. The number of hydrogen-bond donors (Lipinski definition) is 1. The number of hydrogen-bond acceptors (Lipinski definition) is 3. The van der Waals surface area contributed by atoms with Crippen molar-refractivity contribution >= 4 is 33.2 Å². The van der Waals surface area contributed by atoms with Gasteiger partial charge in [-0.3, -0.25) is 4.79 Å². The zero-order valence-corrected chi connectivity index (χ0v) is 13.1. The van der Waals surface area contributed by atoms with Crippen molar-refractivity contribution in [3.8, 4) is 10.6 Å². The lowest BCUT2D eigenvalue weighted by Crippen LogP contribution is -2.22. The molecular weight excluding hydrogens is 324 g/mol. The van der Waals surface area contributed by atoms with Crippen LogP contribution in [0, 0.1) is 6.92 Å². The van der Waals surface area contributed by atoms with Gasteiger partial charge in [0.05, 0.1) is 12.2 Å². The van der Waals surface area contributed by atoms with Gasteiger partial charge in [0.25, 0.3) is 0 Å². The minimum Gasteiger partial charge on any atom is -0.350 e. The number of halogens is 1. The smallest absolute Gasteiger partial charge is 0.221 e. The van der Waals surface area contributed by atoms with Crippen LogP contribution in [-0.2, 0) is 11.3 Å². The van der Waals surface area contributed by atoms with Gasteiger partial charge in [-0.05, 0) is 12.5 Å². The summed E-state index contributed by atoms with van der Waals surface area (Å²) >= 11 is 4.85. The first-order valence-corrected chi connectivity index (χ1v) is 8.04. The topological polar surface area (TPSA) is 42.0 Å². The first-order valence-electron chi connectivity index (χ1n) is 6.04. The van der Waals surface area contributed by atoms with Gasteiger partial charge in [-0.15, -0.1) is 11.3 Å². The molecule has 0 saturated carbocycles. The van der Waals surface area contributed by atoms with E-state index in [1.165, 1.54) is 5.56 Å². The second-order valence-corrected chi connectivity index (χ2v) is 5.83. The van der Waals surface area contributed by atoms with Crippen LogP contribution < -0.4 is 5.32 Å². The molecule has 0 unspecified atom stereocenters. The molecule has 0 bridgehead atoms. The minimum atomic E-state index is 0.0438. The summed E-state index contributed by atoms with van der Waals surface area (Å²) in [5.41, 5.74) is 3.28. The molecule has 1 amide bonds. The lowest BCUT2D eigenvalue weighted by molar-refractivity contribution is -0.120. The molecule has 1 aromatic heterocycles. The molecule has 19 heavy (non-hydrogen) atoms. The third-order valence-corrected chi connectivity index (χ3v) is 4.04. The number of thiazole rings is 1. The number of amides is 1. The Hall–Kier alpha value is -1.20. The van der Waals surface area contributed by atoms with Crippen LogP contribution in [0.2, 0.25) is 0 Å². The van der Waals surface area contributed by atoms with E-state index in [4.69, 9.17) is 0 Å². The fraction of sp³-hybridized carbons (Fsp3) is 0.286. The monoisotopic (exact) mass is 338 g/mol. The van der Waals surface area contributed by atoms with E-state index in [1.807, 2.05) is 17.5 Å². The van der Waals surface area contributed by atoms with Crippen LogP contribution in [0.15, 0.2) is 29.6 Å². The summed E-state index contributed by atoms with van der Waals surface area (Å²) in [6.45, 7) is 2.57. The summed E-state index contributed by atoms with van der Waals surface area (Å²) < 4.78 is 0. The summed E-state index contributed by atoms with van der Waals surface area (Å²) in [4.78, 5) is 15.9. The Balaban J connectivity index is 2.04. The largest absolute Gasteiger partial charge is 0.350 e. The molecule has 1 aromatic carbocycles. The highest BCUT2D eigenvalue weighted by Crippen LogP contribution is 2.26. The molecule has 0 saturated heterocycles. The summed E-state index contributed by atoms with van der Waals surface area (Å²) in [6.07, 6.45) is 0.495. The predicted octanol–water partition coefficient (Wildman–Crippen LogP) is 3.52. The average molecular weight is 339 g/mol. The van der Waals surface area contributed by atoms with E-state index in [2.05, 4.69) is 45.3 Å². The summed E-state index contributed by atoms with van der Waals surface area (Å²) in [5, 5.41) is 6.54. The number of benzene rings is 1. The number of carbonyl (C=O) groups is 1. The maximum atomic E-state index is 11.4. The van der Waals surface area contributed by atoms with Crippen molar-refractivity contribution in [3.63, 3.8) is 0 Å². The molecule has 0 aliphatic rings. The Morgan fingerprint density at radius 2 is 2.21 bits per heavy atom. The van der Waals surface area contributed by atoms with Crippen LogP contribution in [0.5, 0.6) is 0 Å². The van der Waals surface area contributed by atoms with Crippen molar-refractivity contribution in [3.05, 3.63) is 40.9 Å². The van der Waals surface area contributed by atoms with Gasteiger partial charge >= 0.3 is 0 Å². The fourth-order valence-electron chi connectivity index (χ4n) is 1.69. The quantitative estimate of drug-likeness (QED) is 0.847. The van der Waals surface area contributed by atoms with Gasteiger partial charge in [0.2, 0.25) is 5.91 Å². The number of aromatic nitrogens is 1. The van der Waals surface area contributed by atoms with E-state index in [-0.39, 0.29) is 5.91 Å². The lowest BCUT2D eigenvalue weighted by Gasteiger charge is -2.02. The molecule has 100 valence electrons. The normalized spacial score (nSPS) is 10.4. The van der Waals surface area contributed by atoms with E-state index >= 15 is 0 Å². The Morgan fingerprint density at radius 1 is 1.42 bits per heavy atom. The molecule has 2 aromatic rings. The van der Waals surface area contributed by atoms with Gasteiger partial charge in [0.1, 0.15) is 5.01 Å². The average Bonchev–Trinajstić information content (AvgIpc) is 2.86. The van der Waals surface area contributed by atoms with E-state index in [0.717, 1.165) is 16.3 Å². The van der Waals surface area contributed by atoms with Crippen molar-refractivity contribution < 1.29 is 4.79 Å². The van der Waals surface area contributed by atoms with E-state index in [1.54, 1.807) is 11.3 Å².